The van der Waals surface area contributed by atoms with E-state index in [0.29, 0.717) is 23.3 Å². The number of furan rings is 1. The van der Waals surface area contributed by atoms with E-state index in [-0.39, 0.29) is 5.91 Å². The molecular formula is C24H26N6O3S. The number of amides is 1. The fraction of sp³-hybridized carbons (Fsp3) is 0.333. The van der Waals surface area contributed by atoms with Gasteiger partial charge in [0.05, 0.1) is 12.8 Å². The number of nitrogens with one attached hydrogen (secondary N) is 1. The number of carbonyl (C=O) groups is 1. The Kier molecular flexibility index (Phi) is 6.66. The van der Waals surface area contributed by atoms with Crippen LogP contribution in [-0.2, 0) is 11.3 Å². The average Bonchev–Trinajstić information content (AvgIpc) is 3.61. The van der Waals surface area contributed by atoms with Gasteiger partial charge in [0.2, 0.25) is 11.9 Å². The van der Waals surface area contributed by atoms with Crippen LogP contribution < -0.4 is 10.2 Å². The molecule has 0 saturated carbocycles. The van der Waals surface area contributed by atoms with E-state index >= 15 is 0 Å². The van der Waals surface area contributed by atoms with Crippen LogP contribution in [0, 0.1) is 6.92 Å². The molecule has 3 aromatic heterocycles. The summed E-state index contributed by atoms with van der Waals surface area (Å²) in [7, 11) is 0. The summed E-state index contributed by atoms with van der Waals surface area (Å²) in [5, 5.41) is 15.9. The molecule has 4 heterocycles. The Balaban J connectivity index is 1.47. The molecule has 0 spiro atoms. The fourth-order valence-corrected chi connectivity index (χ4v) is 5.05. The van der Waals surface area contributed by atoms with Gasteiger partial charge in [0.15, 0.2) is 11.0 Å². The number of benzene rings is 1. The van der Waals surface area contributed by atoms with Crippen LogP contribution in [0.1, 0.15) is 41.6 Å². The molecule has 0 radical (unpaired) electrons. The van der Waals surface area contributed by atoms with Gasteiger partial charge in [-0.1, -0.05) is 47.3 Å². The van der Waals surface area contributed by atoms with Gasteiger partial charge in [0.1, 0.15) is 16.8 Å². The first-order valence-corrected chi connectivity index (χ1v) is 12.2. The van der Waals surface area contributed by atoms with Crippen molar-refractivity contribution >= 4 is 29.4 Å². The summed E-state index contributed by atoms with van der Waals surface area (Å²) in [6.45, 7) is 4.15. The second-order valence-electron chi connectivity index (χ2n) is 8.22. The first kappa shape index (κ1) is 22.3. The Morgan fingerprint density at radius 3 is 2.65 bits per heavy atom. The molecule has 1 N–H and O–H groups in total. The maximum Gasteiger partial charge on any atom is 0.243 e. The number of aromatic nitrogens is 4. The van der Waals surface area contributed by atoms with E-state index in [1.54, 1.807) is 19.3 Å². The molecule has 1 aromatic carbocycles. The van der Waals surface area contributed by atoms with E-state index in [4.69, 9.17) is 8.94 Å². The van der Waals surface area contributed by atoms with E-state index < -0.39 is 5.25 Å². The molecular weight excluding hydrogens is 452 g/mol. The number of hydrogen-bond acceptors (Lipinski definition) is 8. The van der Waals surface area contributed by atoms with Crippen LogP contribution in [0.25, 0.3) is 0 Å². The number of aryl methyl sites for hydroxylation is 1. The van der Waals surface area contributed by atoms with Gasteiger partial charge in [0, 0.05) is 19.2 Å². The molecule has 5 rings (SSSR count). The first-order valence-electron chi connectivity index (χ1n) is 11.3. The molecule has 1 saturated heterocycles. The lowest BCUT2D eigenvalue weighted by molar-refractivity contribution is -0.115. The van der Waals surface area contributed by atoms with Crippen molar-refractivity contribution in [2.24, 2.45) is 0 Å². The number of piperidine rings is 1. The highest BCUT2D eigenvalue weighted by atomic mass is 32.2. The van der Waals surface area contributed by atoms with Crippen molar-refractivity contribution in [2.75, 3.05) is 23.3 Å². The molecule has 0 bridgehead atoms. The maximum atomic E-state index is 13.4. The van der Waals surface area contributed by atoms with Gasteiger partial charge in [-0.2, -0.15) is 0 Å². The predicted molar refractivity (Wildman–Crippen MR) is 129 cm³/mol. The van der Waals surface area contributed by atoms with E-state index in [2.05, 4.69) is 25.6 Å². The third-order valence-corrected chi connectivity index (χ3v) is 6.91. The van der Waals surface area contributed by atoms with Gasteiger partial charge in [0.25, 0.3) is 0 Å². The van der Waals surface area contributed by atoms with Crippen LogP contribution in [0.3, 0.4) is 0 Å². The molecule has 0 aliphatic carbocycles. The lowest BCUT2D eigenvalue weighted by Gasteiger charge is -2.27. The first-order chi connectivity index (χ1) is 16.7. The van der Waals surface area contributed by atoms with E-state index in [1.165, 1.54) is 18.2 Å². The Labute approximate surface area is 201 Å². The summed E-state index contributed by atoms with van der Waals surface area (Å²) in [6.07, 6.45) is 5.14. The number of nitrogens with zero attached hydrogens (tertiary/aromatic N) is 5. The molecule has 10 heteroatoms. The summed E-state index contributed by atoms with van der Waals surface area (Å²) in [4.78, 5) is 15.6. The summed E-state index contributed by atoms with van der Waals surface area (Å²) in [5.41, 5.74) is 0.859. The zero-order chi connectivity index (χ0) is 23.3. The Morgan fingerprint density at radius 2 is 1.94 bits per heavy atom. The predicted octanol–water partition coefficient (Wildman–Crippen LogP) is 4.68. The number of hydrogen-bond donors (Lipinski definition) is 1. The second kappa shape index (κ2) is 10.2. The monoisotopic (exact) mass is 478 g/mol. The van der Waals surface area contributed by atoms with Gasteiger partial charge in [-0.05, 0) is 43.9 Å². The molecule has 1 fully saturated rings. The number of rotatable bonds is 8. The minimum atomic E-state index is -0.563. The highest BCUT2D eigenvalue weighted by molar-refractivity contribution is 8.00. The highest BCUT2D eigenvalue weighted by Crippen LogP contribution is 2.37. The minimum Gasteiger partial charge on any atom is -0.467 e. The normalized spacial score (nSPS) is 14.8. The lowest BCUT2D eigenvalue weighted by atomic mass is 10.1. The zero-order valence-electron chi connectivity index (χ0n) is 18.9. The second-order valence-corrected chi connectivity index (χ2v) is 9.29. The van der Waals surface area contributed by atoms with E-state index in [1.807, 2.05) is 47.0 Å². The van der Waals surface area contributed by atoms with Gasteiger partial charge < -0.3 is 19.2 Å². The lowest BCUT2D eigenvalue weighted by Crippen LogP contribution is -2.32. The number of thioether (sulfide) groups is 1. The van der Waals surface area contributed by atoms with Crippen molar-refractivity contribution in [3.8, 4) is 0 Å². The van der Waals surface area contributed by atoms with E-state index in [0.717, 1.165) is 43.2 Å². The molecule has 1 aliphatic rings. The highest BCUT2D eigenvalue weighted by Gasteiger charge is 2.28. The van der Waals surface area contributed by atoms with Gasteiger partial charge in [-0.3, -0.25) is 9.36 Å². The largest absolute Gasteiger partial charge is 0.467 e. The van der Waals surface area contributed by atoms with Crippen molar-refractivity contribution < 1.29 is 13.7 Å². The molecule has 9 nitrogen and oxygen atoms in total. The molecule has 4 aromatic rings. The zero-order valence-corrected chi connectivity index (χ0v) is 19.7. The van der Waals surface area contributed by atoms with Crippen molar-refractivity contribution in [3.63, 3.8) is 0 Å². The smallest absolute Gasteiger partial charge is 0.243 e. The van der Waals surface area contributed by atoms with Crippen LogP contribution in [0.5, 0.6) is 0 Å². The van der Waals surface area contributed by atoms with Crippen LogP contribution >= 0.6 is 11.8 Å². The van der Waals surface area contributed by atoms with Gasteiger partial charge >= 0.3 is 0 Å². The maximum absolute atomic E-state index is 13.4. The number of carbonyl (C=O) groups excluding carboxylic acids is 1. The third-order valence-electron chi connectivity index (χ3n) is 5.67. The van der Waals surface area contributed by atoms with Crippen LogP contribution in [0.4, 0.5) is 11.8 Å². The quantitative estimate of drug-likeness (QED) is 0.364. The van der Waals surface area contributed by atoms with Crippen molar-refractivity contribution in [1.82, 2.24) is 19.9 Å². The molecule has 1 aliphatic heterocycles. The Bertz CT molecular complexity index is 1210. The molecule has 34 heavy (non-hydrogen) atoms. The summed E-state index contributed by atoms with van der Waals surface area (Å²) >= 11 is 1.36. The molecule has 1 amide bonds. The fourth-order valence-electron chi connectivity index (χ4n) is 4.02. The summed E-state index contributed by atoms with van der Waals surface area (Å²) in [5.74, 6) is 2.41. The van der Waals surface area contributed by atoms with Crippen LogP contribution in [0.2, 0.25) is 0 Å². The van der Waals surface area contributed by atoms with Crippen molar-refractivity contribution in [3.05, 3.63) is 71.9 Å². The topological polar surface area (TPSA) is 102 Å². The minimum absolute atomic E-state index is 0.212. The molecule has 1 atom stereocenters. The SMILES string of the molecule is Cc1cc(NC(=O)C(Sc2nnc(N3CCCCC3)n2Cc2ccco2)c2ccccc2)no1. The average molecular weight is 479 g/mol. The summed E-state index contributed by atoms with van der Waals surface area (Å²) in [6, 6.07) is 15.1. The number of anilines is 2. The Morgan fingerprint density at radius 1 is 1.12 bits per heavy atom. The van der Waals surface area contributed by atoms with Crippen molar-refractivity contribution in [2.45, 2.75) is 43.1 Å². The standard InChI is InChI=1S/C24H26N6O3S/c1-17-15-20(28-33-17)25-22(31)21(18-9-4-2-5-10-18)34-24-27-26-23(29-12-6-3-7-13-29)30(24)16-19-11-8-14-32-19/h2,4-5,8-11,14-15,21H,3,6-7,12-13,16H2,1H3,(H,25,28,31). The van der Waals surface area contributed by atoms with Crippen LogP contribution in [0.15, 0.2) is 68.9 Å². The molecule has 1 unspecified atom stereocenters. The summed E-state index contributed by atoms with van der Waals surface area (Å²) < 4.78 is 12.8. The van der Waals surface area contributed by atoms with Gasteiger partial charge in [-0.15, -0.1) is 10.2 Å². The van der Waals surface area contributed by atoms with Crippen LogP contribution in [-0.4, -0.2) is 38.9 Å². The third kappa shape index (κ3) is 5.01. The van der Waals surface area contributed by atoms with Gasteiger partial charge in [-0.25, -0.2) is 0 Å². The van der Waals surface area contributed by atoms with Crippen molar-refractivity contribution in [1.29, 1.82) is 0 Å². The van der Waals surface area contributed by atoms with E-state index in [9.17, 15) is 4.79 Å². The Hall–Kier alpha value is -3.53. The molecule has 176 valence electrons.